The Balaban J connectivity index is 1.50. The van der Waals surface area contributed by atoms with E-state index in [4.69, 9.17) is 4.74 Å². The first kappa shape index (κ1) is 18.8. The molecule has 1 aliphatic rings. The molecule has 2 aromatic heterocycles. The number of aromatic amines is 1. The number of nitrogens with one attached hydrogen (secondary N) is 2. The average molecular weight is 383 g/mol. The van der Waals surface area contributed by atoms with Crippen molar-refractivity contribution < 1.29 is 9.13 Å². The van der Waals surface area contributed by atoms with Crippen LogP contribution in [0.15, 0.2) is 36.9 Å². The molecule has 6 nitrogen and oxygen atoms in total. The van der Waals surface area contributed by atoms with E-state index in [0.29, 0.717) is 17.5 Å². The van der Waals surface area contributed by atoms with Crippen LogP contribution in [0.3, 0.4) is 0 Å². The van der Waals surface area contributed by atoms with Gasteiger partial charge in [0.25, 0.3) is 0 Å². The van der Waals surface area contributed by atoms with Crippen LogP contribution in [-0.4, -0.2) is 38.7 Å². The van der Waals surface area contributed by atoms with Crippen molar-refractivity contribution in [1.29, 1.82) is 0 Å². The Morgan fingerprint density at radius 1 is 1.25 bits per heavy atom. The third-order valence-corrected chi connectivity index (χ3v) is 5.57. The molecule has 0 aliphatic carbocycles. The molecule has 3 aromatic rings. The van der Waals surface area contributed by atoms with E-state index in [1.807, 2.05) is 12.1 Å². The summed E-state index contributed by atoms with van der Waals surface area (Å²) in [6.45, 7) is 5.82. The van der Waals surface area contributed by atoms with Crippen molar-refractivity contribution >= 4 is 17.0 Å². The third-order valence-electron chi connectivity index (χ3n) is 5.57. The second-order valence-electron chi connectivity index (χ2n) is 8.06. The van der Waals surface area contributed by atoms with Crippen LogP contribution in [-0.2, 0) is 4.74 Å². The molecule has 2 atom stereocenters. The summed E-state index contributed by atoms with van der Waals surface area (Å²) in [7, 11) is 0. The van der Waals surface area contributed by atoms with Crippen molar-refractivity contribution in [3.63, 3.8) is 0 Å². The lowest BCUT2D eigenvalue weighted by Crippen LogP contribution is -2.36. The second-order valence-corrected chi connectivity index (χ2v) is 8.06. The highest BCUT2D eigenvalue weighted by molar-refractivity contribution is 5.81. The summed E-state index contributed by atoms with van der Waals surface area (Å²) < 4.78 is 19.4. The molecule has 3 heterocycles. The number of rotatable bonds is 6. The number of hydrogen-bond acceptors (Lipinski definition) is 5. The van der Waals surface area contributed by atoms with Crippen molar-refractivity contribution in [1.82, 2.24) is 19.9 Å². The summed E-state index contributed by atoms with van der Waals surface area (Å²) >= 11 is 0. The van der Waals surface area contributed by atoms with Crippen LogP contribution in [0.25, 0.3) is 11.2 Å². The van der Waals surface area contributed by atoms with Gasteiger partial charge in [-0.05, 0) is 62.6 Å². The average Bonchev–Trinajstić information content (AvgIpc) is 3.15. The fourth-order valence-electron chi connectivity index (χ4n) is 4.25. The highest BCUT2D eigenvalue weighted by Crippen LogP contribution is 2.40. The molecular weight excluding hydrogens is 357 g/mol. The molecule has 1 saturated heterocycles. The summed E-state index contributed by atoms with van der Waals surface area (Å²) in [6.07, 6.45) is 6.07. The van der Waals surface area contributed by atoms with E-state index in [2.05, 4.69) is 39.1 Å². The molecule has 4 rings (SSSR count). The Morgan fingerprint density at radius 3 is 2.86 bits per heavy atom. The number of halogens is 1. The van der Waals surface area contributed by atoms with Crippen molar-refractivity contribution in [2.75, 3.05) is 18.5 Å². The number of anilines is 1. The smallest absolute Gasteiger partial charge is 0.182 e. The molecular formula is C21H26FN5O. The van der Waals surface area contributed by atoms with Gasteiger partial charge in [0, 0.05) is 13.2 Å². The molecule has 0 amide bonds. The Hall–Kier alpha value is -2.54. The zero-order valence-corrected chi connectivity index (χ0v) is 16.3. The van der Waals surface area contributed by atoms with Crippen LogP contribution in [0.4, 0.5) is 10.2 Å². The molecule has 1 fully saturated rings. The minimum Gasteiger partial charge on any atom is -0.376 e. The molecule has 28 heavy (non-hydrogen) atoms. The van der Waals surface area contributed by atoms with E-state index in [9.17, 15) is 4.39 Å². The van der Waals surface area contributed by atoms with Crippen molar-refractivity contribution in [3.05, 3.63) is 48.3 Å². The van der Waals surface area contributed by atoms with E-state index in [1.54, 1.807) is 18.5 Å². The molecule has 1 aromatic carbocycles. The maximum Gasteiger partial charge on any atom is 0.182 e. The van der Waals surface area contributed by atoms with Crippen LogP contribution in [0.2, 0.25) is 0 Å². The van der Waals surface area contributed by atoms with Gasteiger partial charge >= 0.3 is 0 Å². The summed E-state index contributed by atoms with van der Waals surface area (Å²) in [5.41, 5.74) is 2.52. The number of nitrogens with zero attached hydrogens (tertiary/aromatic N) is 3. The summed E-state index contributed by atoms with van der Waals surface area (Å²) in [5.74, 6) is 1.38. The number of aromatic nitrogens is 4. The first-order chi connectivity index (χ1) is 13.5. The Kier molecular flexibility index (Phi) is 5.26. The van der Waals surface area contributed by atoms with Gasteiger partial charge in [0.15, 0.2) is 11.5 Å². The largest absolute Gasteiger partial charge is 0.376 e. The first-order valence-corrected chi connectivity index (χ1v) is 9.79. The Bertz CT molecular complexity index is 924. The number of H-pyrrole nitrogens is 1. The second kappa shape index (κ2) is 7.83. The Labute approximate surface area is 164 Å². The lowest BCUT2D eigenvalue weighted by atomic mass is 9.75. The summed E-state index contributed by atoms with van der Waals surface area (Å²) in [6, 6.07) is 6.94. The molecule has 0 bridgehead atoms. The molecule has 1 aliphatic heterocycles. The van der Waals surface area contributed by atoms with Crippen molar-refractivity contribution in [3.8, 4) is 0 Å². The van der Waals surface area contributed by atoms with E-state index in [1.165, 1.54) is 11.9 Å². The van der Waals surface area contributed by atoms with Crippen LogP contribution in [0.1, 0.15) is 44.6 Å². The highest BCUT2D eigenvalue weighted by Gasteiger charge is 2.34. The van der Waals surface area contributed by atoms with Crippen LogP contribution in [0.5, 0.6) is 0 Å². The van der Waals surface area contributed by atoms with E-state index >= 15 is 0 Å². The monoisotopic (exact) mass is 383 g/mol. The number of fused-ring (bicyclic) bond motifs is 1. The predicted molar refractivity (Wildman–Crippen MR) is 107 cm³/mol. The first-order valence-electron chi connectivity index (χ1n) is 9.79. The van der Waals surface area contributed by atoms with E-state index in [-0.39, 0.29) is 11.4 Å². The van der Waals surface area contributed by atoms with Crippen LogP contribution in [0, 0.1) is 11.7 Å². The minimum atomic E-state index is -0.199. The van der Waals surface area contributed by atoms with Crippen LogP contribution >= 0.6 is 0 Å². The van der Waals surface area contributed by atoms with Gasteiger partial charge in [-0.25, -0.2) is 19.3 Å². The van der Waals surface area contributed by atoms with Gasteiger partial charge in [-0.3, -0.25) is 0 Å². The normalized spacial score (nSPS) is 20.2. The lowest BCUT2D eigenvalue weighted by molar-refractivity contribution is -0.0770. The zero-order chi connectivity index (χ0) is 19.6. The third kappa shape index (κ3) is 4.14. The van der Waals surface area contributed by atoms with Gasteiger partial charge in [0.2, 0.25) is 0 Å². The summed E-state index contributed by atoms with van der Waals surface area (Å²) in [5, 5.41) is 3.42. The molecule has 2 N–H and O–H groups in total. The van der Waals surface area contributed by atoms with Gasteiger partial charge in [0.1, 0.15) is 17.7 Å². The van der Waals surface area contributed by atoms with Gasteiger partial charge in [-0.2, -0.15) is 0 Å². The molecule has 0 radical (unpaired) electrons. The number of hydrogen-bond donors (Lipinski definition) is 2. The van der Waals surface area contributed by atoms with Gasteiger partial charge in [-0.1, -0.05) is 12.1 Å². The molecule has 0 spiro atoms. The fraction of sp³-hybridized carbons (Fsp3) is 0.476. The predicted octanol–water partition coefficient (Wildman–Crippen LogP) is 4.28. The number of imidazole rings is 1. The van der Waals surface area contributed by atoms with E-state index < -0.39 is 0 Å². The topological polar surface area (TPSA) is 75.7 Å². The fourth-order valence-corrected chi connectivity index (χ4v) is 4.25. The van der Waals surface area contributed by atoms with Gasteiger partial charge in [-0.15, -0.1) is 0 Å². The van der Waals surface area contributed by atoms with Crippen molar-refractivity contribution in [2.45, 2.75) is 44.6 Å². The zero-order valence-electron chi connectivity index (χ0n) is 16.3. The maximum absolute atomic E-state index is 13.5. The Morgan fingerprint density at radius 2 is 2.07 bits per heavy atom. The minimum absolute atomic E-state index is 0.122. The van der Waals surface area contributed by atoms with Crippen LogP contribution < -0.4 is 5.32 Å². The van der Waals surface area contributed by atoms with Gasteiger partial charge < -0.3 is 15.0 Å². The molecule has 7 heteroatoms. The van der Waals surface area contributed by atoms with Gasteiger partial charge in [0.05, 0.1) is 11.9 Å². The number of ether oxygens (including phenoxy) is 1. The van der Waals surface area contributed by atoms with Crippen molar-refractivity contribution in [2.24, 2.45) is 5.92 Å². The molecule has 2 unspecified atom stereocenters. The standard InChI is InChI=1S/C21H26FN5O/c1-21(2)11-15(8-10-28-21)17(14-3-5-16(22)6-4-14)7-9-23-19-18-20(25-12-24-18)27-13-26-19/h3-6,12-13,15,17H,7-11H2,1-2H3,(H2,23,24,25,26,27). The maximum atomic E-state index is 13.5. The highest BCUT2D eigenvalue weighted by atomic mass is 19.1. The lowest BCUT2D eigenvalue weighted by Gasteiger charge is -2.39. The molecule has 0 saturated carbocycles. The quantitative estimate of drug-likeness (QED) is 0.664. The summed E-state index contributed by atoms with van der Waals surface area (Å²) in [4.78, 5) is 15.7. The SMILES string of the molecule is CC1(C)CC(C(CCNc2ncnc3nc[nH]c23)c2ccc(F)cc2)CCO1. The number of benzene rings is 1. The molecule has 148 valence electrons. The van der Waals surface area contributed by atoms with E-state index in [0.717, 1.165) is 43.7 Å².